The maximum atomic E-state index is 13.4. The summed E-state index contributed by atoms with van der Waals surface area (Å²) in [6.07, 6.45) is 0.553. The summed E-state index contributed by atoms with van der Waals surface area (Å²) in [5.74, 6) is -0.214. The molecule has 1 atom stereocenters. The highest BCUT2D eigenvalue weighted by Gasteiger charge is 2.21. The monoisotopic (exact) mass is 397 g/mol. The van der Waals surface area contributed by atoms with Crippen LogP contribution < -0.4 is 9.46 Å². The van der Waals surface area contributed by atoms with Gasteiger partial charge in [-0.05, 0) is 42.5 Å². The molecule has 3 rings (SSSR count). The van der Waals surface area contributed by atoms with Crippen molar-refractivity contribution < 1.29 is 27.1 Å². The predicted octanol–water partition coefficient (Wildman–Crippen LogP) is 3.05. The largest absolute Gasteiger partial charge is 0.495 e. The SMILES string of the molecule is COc1ccc(F)cc1S(=O)(=O)NCc1ccc([C@@H](O)c2ccco2)s1. The standard InChI is InChI=1S/C17H16FNO5S2/c1-23-13-6-4-11(18)9-16(13)26(21,22)19-10-12-5-7-15(25-12)17(20)14-3-2-8-24-14/h2-9,17,19-20H,10H2,1H3/t17-/m0/s1. The molecular weight excluding hydrogens is 381 g/mol. The maximum absolute atomic E-state index is 13.4. The second-order valence-electron chi connectivity index (χ2n) is 5.34. The second-order valence-corrected chi connectivity index (χ2v) is 8.28. The van der Waals surface area contributed by atoms with Gasteiger partial charge in [0.15, 0.2) is 0 Å². The van der Waals surface area contributed by atoms with Gasteiger partial charge in [0.05, 0.1) is 13.4 Å². The fourth-order valence-electron chi connectivity index (χ4n) is 2.33. The van der Waals surface area contributed by atoms with E-state index in [9.17, 15) is 17.9 Å². The Kier molecular flexibility index (Phi) is 5.42. The molecule has 9 heteroatoms. The summed E-state index contributed by atoms with van der Waals surface area (Å²) in [7, 11) is -2.65. The van der Waals surface area contributed by atoms with Gasteiger partial charge in [0, 0.05) is 16.3 Å². The third kappa shape index (κ3) is 3.96. The van der Waals surface area contributed by atoms with Gasteiger partial charge < -0.3 is 14.3 Å². The van der Waals surface area contributed by atoms with Crippen molar-refractivity contribution in [1.29, 1.82) is 0 Å². The summed E-state index contributed by atoms with van der Waals surface area (Å²) in [6.45, 7) is -0.00244. The van der Waals surface area contributed by atoms with Crippen molar-refractivity contribution in [2.45, 2.75) is 17.5 Å². The molecule has 0 amide bonds. The van der Waals surface area contributed by atoms with Crippen molar-refractivity contribution >= 4 is 21.4 Å². The molecule has 0 aliphatic rings. The number of rotatable bonds is 7. The lowest BCUT2D eigenvalue weighted by Gasteiger charge is -2.10. The van der Waals surface area contributed by atoms with Gasteiger partial charge in [-0.3, -0.25) is 0 Å². The fourth-order valence-corrected chi connectivity index (χ4v) is 4.55. The average molecular weight is 397 g/mol. The molecule has 6 nitrogen and oxygen atoms in total. The van der Waals surface area contributed by atoms with Gasteiger partial charge in [-0.2, -0.15) is 0 Å². The first-order valence-corrected chi connectivity index (χ1v) is 9.84. The number of benzene rings is 1. The van der Waals surface area contributed by atoms with Crippen molar-refractivity contribution in [1.82, 2.24) is 4.72 Å². The minimum Gasteiger partial charge on any atom is -0.495 e. The number of nitrogens with one attached hydrogen (secondary N) is 1. The fraction of sp³-hybridized carbons (Fsp3) is 0.176. The summed E-state index contributed by atoms with van der Waals surface area (Å²) < 4.78 is 50.9. The number of ether oxygens (including phenoxy) is 1. The summed E-state index contributed by atoms with van der Waals surface area (Å²) >= 11 is 1.25. The molecule has 3 aromatic rings. The lowest BCUT2D eigenvalue weighted by molar-refractivity contribution is 0.193. The molecule has 0 radical (unpaired) electrons. The smallest absolute Gasteiger partial charge is 0.244 e. The van der Waals surface area contributed by atoms with Crippen molar-refractivity contribution in [3.8, 4) is 5.75 Å². The van der Waals surface area contributed by atoms with Gasteiger partial charge in [0.2, 0.25) is 10.0 Å². The van der Waals surface area contributed by atoms with Crippen LogP contribution >= 0.6 is 11.3 Å². The van der Waals surface area contributed by atoms with Crippen LogP contribution in [0.15, 0.2) is 58.0 Å². The number of halogens is 1. The number of hydrogen-bond donors (Lipinski definition) is 2. The molecule has 2 aromatic heterocycles. The lowest BCUT2D eigenvalue weighted by atomic mass is 10.2. The number of hydrogen-bond acceptors (Lipinski definition) is 6. The summed E-state index contributed by atoms with van der Waals surface area (Å²) in [4.78, 5) is 1.04. The van der Waals surface area contributed by atoms with Crippen LogP contribution in [0.3, 0.4) is 0 Å². The summed E-state index contributed by atoms with van der Waals surface area (Å²) in [5.41, 5.74) is 0. The predicted molar refractivity (Wildman–Crippen MR) is 94.1 cm³/mol. The van der Waals surface area contributed by atoms with Crippen molar-refractivity contribution in [2.75, 3.05) is 7.11 Å². The van der Waals surface area contributed by atoms with E-state index in [0.717, 1.165) is 12.1 Å². The molecule has 26 heavy (non-hydrogen) atoms. The van der Waals surface area contributed by atoms with Crippen molar-refractivity contribution in [3.63, 3.8) is 0 Å². The highest BCUT2D eigenvalue weighted by molar-refractivity contribution is 7.89. The lowest BCUT2D eigenvalue weighted by Crippen LogP contribution is -2.23. The zero-order chi connectivity index (χ0) is 18.7. The second kappa shape index (κ2) is 7.58. The highest BCUT2D eigenvalue weighted by Crippen LogP contribution is 2.29. The molecule has 0 bridgehead atoms. The number of sulfonamides is 1. The number of thiophene rings is 1. The molecule has 138 valence electrons. The molecular formula is C17H16FNO5S2. The summed E-state index contributed by atoms with van der Waals surface area (Å²) in [6, 6.07) is 10.0. The van der Waals surface area contributed by atoms with Crippen LogP contribution in [0.4, 0.5) is 4.39 Å². The normalized spacial score (nSPS) is 12.9. The van der Waals surface area contributed by atoms with E-state index >= 15 is 0 Å². The Balaban J connectivity index is 1.74. The Morgan fingerprint density at radius 1 is 1.31 bits per heavy atom. The van der Waals surface area contributed by atoms with Crippen LogP contribution in [0.2, 0.25) is 0 Å². The maximum Gasteiger partial charge on any atom is 0.244 e. The number of aliphatic hydroxyl groups excluding tert-OH is 1. The van der Waals surface area contributed by atoms with Crippen LogP contribution in [0.25, 0.3) is 0 Å². The molecule has 0 saturated carbocycles. The highest BCUT2D eigenvalue weighted by atomic mass is 32.2. The van der Waals surface area contributed by atoms with Crippen LogP contribution in [0, 0.1) is 5.82 Å². The van der Waals surface area contributed by atoms with E-state index in [0.29, 0.717) is 15.5 Å². The molecule has 2 heterocycles. The van der Waals surface area contributed by atoms with Crippen LogP contribution in [0.1, 0.15) is 21.6 Å². The average Bonchev–Trinajstić information content (AvgIpc) is 3.31. The van der Waals surface area contributed by atoms with Gasteiger partial charge >= 0.3 is 0 Å². The molecule has 1 aromatic carbocycles. The Hall–Kier alpha value is -2.20. The Bertz CT molecular complexity index is 983. The van der Waals surface area contributed by atoms with E-state index in [1.54, 1.807) is 24.3 Å². The first-order chi connectivity index (χ1) is 12.4. The molecule has 0 aliphatic heterocycles. The minimum atomic E-state index is -3.97. The van der Waals surface area contributed by atoms with Crippen LogP contribution in [-0.4, -0.2) is 20.6 Å². The Morgan fingerprint density at radius 3 is 2.81 bits per heavy atom. The van der Waals surface area contributed by atoms with Crippen molar-refractivity contribution in [3.05, 3.63) is 70.1 Å². The Morgan fingerprint density at radius 2 is 2.12 bits per heavy atom. The zero-order valence-electron chi connectivity index (χ0n) is 13.7. The zero-order valence-corrected chi connectivity index (χ0v) is 15.3. The van der Waals surface area contributed by atoms with E-state index in [1.807, 2.05) is 0 Å². The van der Waals surface area contributed by atoms with E-state index in [-0.39, 0.29) is 17.2 Å². The van der Waals surface area contributed by atoms with Crippen LogP contribution in [0.5, 0.6) is 5.75 Å². The number of furan rings is 1. The third-order valence-electron chi connectivity index (χ3n) is 3.62. The minimum absolute atomic E-state index is 0.00244. The third-order valence-corrected chi connectivity index (χ3v) is 6.18. The first kappa shape index (κ1) is 18.6. The van der Waals surface area contributed by atoms with E-state index in [4.69, 9.17) is 9.15 Å². The quantitative estimate of drug-likeness (QED) is 0.640. The van der Waals surface area contributed by atoms with Gasteiger partial charge in [-0.25, -0.2) is 17.5 Å². The van der Waals surface area contributed by atoms with E-state index < -0.39 is 21.9 Å². The van der Waals surface area contributed by atoms with Gasteiger partial charge in [-0.1, -0.05) is 0 Å². The summed E-state index contributed by atoms with van der Waals surface area (Å²) in [5, 5.41) is 10.2. The number of methoxy groups -OCH3 is 1. The van der Waals surface area contributed by atoms with Gasteiger partial charge in [0.1, 0.15) is 28.3 Å². The van der Waals surface area contributed by atoms with Crippen LogP contribution in [-0.2, 0) is 16.6 Å². The van der Waals surface area contributed by atoms with Crippen molar-refractivity contribution in [2.24, 2.45) is 0 Å². The first-order valence-electron chi connectivity index (χ1n) is 7.54. The van der Waals surface area contributed by atoms with Gasteiger partial charge in [-0.15, -0.1) is 11.3 Å². The molecule has 0 aliphatic carbocycles. The van der Waals surface area contributed by atoms with Gasteiger partial charge in [0.25, 0.3) is 0 Å². The Labute approximate surface area is 153 Å². The molecule has 0 fully saturated rings. The van der Waals surface area contributed by atoms with E-state index in [1.165, 1.54) is 30.8 Å². The molecule has 0 unspecified atom stereocenters. The molecule has 0 spiro atoms. The van der Waals surface area contributed by atoms with E-state index in [2.05, 4.69) is 4.72 Å². The topological polar surface area (TPSA) is 88.8 Å². The molecule has 2 N–H and O–H groups in total. The molecule has 0 saturated heterocycles. The number of aliphatic hydroxyl groups is 1.